The van der Waals surface area contributed by atoms with E-state index < -0.39 is 16.2 Å². The molecule has 1 aromatic carbocycles. The van der Waals surface area contributed by atoms with Gasteiger partial charge in [0.1, 0.15) is 0 Å². The molecule has 0 bridgehead atoms. The fourth-order valence-electron chi connectivity index (χ4n) is 1.29. The van der Waals surface area contributed by atoms with Crippen molar-refractivity contribution in [3.8, 4) is 6.07 Å². The van der Waals surface area contributed by atoms with Crippen LogP contribution in [0.5, 0.6) is 0 Å². The highest BCUT2D eigenvalue weighted by molar-refractivity contribution is 7.86. The predicted molar refractivity (Wildman–Crippen MR) is 63.8 cm³/mol. The molecule has 4 nitrogen and oxygen atoms in total. The number of hydrogen-bond donors (Lipinski definition) is 0. The summed E-state index contributed by atoms with van der Waals surface area (Å²) in [7, 11) is -3.72. The van der Waals surface area contributed by atoms with Crippen LogP contribution in [0, 0.1) is 18.3 Å². The van der Waals surface area contributed by atoms with Gasteiger partial charge in [-0.25, -0.2) is 0 Å². The molecule has 5 heteroatoms. The monoisotopic (exact) mass is 253 g/mol. The Hall–Kier alpha value is -1.38. The molecule has 1 aromatic rings. The molecule has 0 aliphatic rings. The summed E-state index contributed by atoms with van der Waals surface area (Å²) >= 11 is 0. The average molecular weight is 253 g/mol. The Morgan fingerprint density at radius 2 is 1.94 bits per heavy atom. The average Bonchev–Trinajstić information content (AvgIpc) is 2.26. The molecule has 0 saturated heterocycles. The Kier molecular flexibility index (Phi) is 4.67. The zero-order valence-electron chi connectivity index (χ0n) is 9.88. The Labute approximate surface area is 102 Å². The van der Waals surface area contributed by atoms with Gasteiger partial charge in [-0.2, -0.15) is 13.7 Å². The van der Waals surface area contributed by atoms with E-state index in [1.54, 1.807) is 19.1 Å². The molecular weight excluding hydrogens is 238 g/mol. The van der Waals surface area contributed by atoms with Crippen molar-refractivity contribution >= 4 is 10.1 Å². The van der Waals surface area contributed by atoms with Crippen molar-refractivity contribution < 1.29 is 12.6 Å². The van der Waals surface area contributed by atoms with E-state index in [0.29, 0.717) is 6.42 Å². The van der Waals surface area contributed by atoms with Gasteiger partial charge < -0.3 is 0 Å². The largest absolute Gasteiger partial charge is 0.297 e. The van der Waals surface area contributed by atoms with Crippen LogP contribution in [0.15, 0.2) is 29.2 Å². The summed E-state index contributed by atoms with van der Waals surface area (Å²) in [4.78, 5) is 0.145. The highest BCUT2D eigenvalue weighted by Gasteiger charge is 2.18. The molecule has 1 unspecified atom stereocenters. The van der Waals surface area contributed by atoms with E-state index in [-0.39, 0.29) is 11.3 Å². The SMILES string of the molecule is Cc1ccc(S(=O)(=O)OC(C)CCC#N)cc1. The lowest BCUT2D eigenvalue weighted by Gasteiger charge is -2.11. The number of hydrogen-bond acceptors (Lipinski definition) is 4. The first kappa shape index (κ1) is 13.7. The van der Waals surface area contributed by atoms with Crippen LogP contribution in [0.1, 0.15) is 25.3 Å². The summed E-state index contributed by atoms with van der Waals surface area (Å²) in [5, 5.41) is 8.41. The summed E-state index contributed by atoms with van der Waals surface area (Å²) < 4.78 is 28.6. The van der Waals surface area contributed by atoms with Crippen molar-refractivity contribution in [3.05, 3.63) is 29.8 Å². The molecule has 0 N–H and O–H groups in total. The second-order valence-corrected chi connectivity index (χ2v) is 5.44. The molecule has 17 heavy (non-hydrogen) atoms. The van der Waals surface area contributed by atoms with Crippen LogP contribution in [-0.4, -0.2) is 14.5 Å². The lowest BCUT2D eigenvalue weighted by atomic mass is 10.2. The molecular formula is C12H15NO3S. The second kappa shape index (κ2) is 5.80. The quantitative estimate of drug-likeness (QED) is 0.756. The van der Waals surface area contributed by atoms with E-state index in [9.17, 15) is 8.42 Å². The van der Waals surface area contributed by atoms with Gasteiger partial charge >= 0.3 is 0 Å². The van der Waals surface area contributed by atoms with Gasteiger partial charge in [-0.15, -0.1) is 0 Å². The van der Waals surface area contributed by atoms with Crippen LogP contribution in [0.4, 0.5) is 0 Å². The van der Waals surface area contributed by atoms with Gasteiger partial charge in [0.25, 0.3) is 10.1 Å². The van der Waals surface area contributed by atoms with Gasteiger partial charge in [0.15, 0.2) is 0 Å². The standard InChI is InChI=1S/C12H15NO3S/c1-10-5-7-12(8-6-10)17(14,15)16-11(2)4-3-9-13/h5-8,11H,3-4H2,1-2H3. The molecule has 0 amide bonds. The van der Waals surface area contributed by atoms with E-state index in [0.717, 1.165) is 5.56 Å². The molecule has 0 spiro atoms. The van der Waals surface area contributed by atoms with Gasteiger partial charge in [0.2, 0.25) is 0 Å². The summed E-state index contributed by atoms with van der Waals surface area (Å²) in [6.07, 6.45) is 0.201. The van der Waals surface area contributed by atoms with Crippen LogP contribution in [0.2, 0.25) is 0 Å². The van der Waals surface area contributed by atoms with E-state index in [2.05, 4.69) is 0 Å². The first-order valence-electron chi connectivity index (χ1n) is 5.32. The normalized spacial score (nSPS) is 13.0. The summed E-state index contributed by atoms with van der Waals surface area (Å²) in [5.41, 5.74) is 0.987. The predicted octanol–water partition coefficient (Wildman–Crippen LogP) is 2.39. The molecule has 0 heterocycles. The number of aryl methyl sites for hydroxylation is 1. The van der Waals surface area contributed by atoms with Crippen LogP contribution in [-0.2, 0) is 14.3 Å². The minimum absolute atomic E-state index is 0.145. The van der Waals surface area contributed by atoms with Gasteiger partial charge in [-0.3, -0.25) is 4.18 Å². The maximum absolute atomic E-state index is 11.8. The third-order valence-electron chi connectivity index (χ3n) is 2.26. The summed E-state index contributed by atoms with van der Waals surface area (Å²) in [5.74, 6) is 0. The summed E-state index contributed by atoms with van der Waals surface area (Å²) in [6.45, 7) is 3.52. The molecule has 0 aromatic heterocycles. The fraction of sp³-hybridized carbons (Fsp3) is 0.417. The van der Waals surface area contributed by atoms with Crippen LogP contribution in [0.3, 0.4) is 0 Å². The zero-order chi connectivity index (χ0) is 12.9. The van der Waals surface area contributed by atoms with Gasteiger partial charge in [0, 0.05) is 6.42 Å². The lowest BCUT2D eigenvalue weighted by Crippen LogP contribution is -2.15. The van der Waals surface area contributed by atoms with Crippen LogP contribution in [0.25, 0.3) is 0 Å². The first-order chi connectivity index (χ1) is 7.95. The highest BCUT2D eigenvalue weighted by Crippen LogP contribution is 2.16. The van der Waals surface area contributed by atoms with Crippen LogP contribution >= 0.6 is 0 Å². The first-order valence-corrected chi connectivity index (χ1v) is 6.73. The van der Waals surface area contributed by atoms with E-state index in [4.69, 9.17) is 9.44 Å². The van der Waals surface area contributed by atoms with E-state index >= 15 is 0 Å². The Morgan fingerprint density at radius 1 is 1.35 bits per heavy atom. The highest BCUT2D eigenvalue weighted by atomic mass is 32.2. The second-order valence-electron chi connectivity index (χ2n) is 3.87. The lowest BCUT2D eigenvalue weighted by molar-refractivity contribution is 0.220. The van der Waals surface area contributed by atoms with Gasteiger partial charge in [0.05, 0.1) is 17.1 Å². The molecule has 92 valence electrons. The molecule has 1 atom stereocenters. The maximum Gasteiger partial charge on any atom is 0.297 e. The van der Waals surface area contributed by atoms with Gasteiger partial charge in [-0.05, 0) is 32.4 Å². The van der Waals surface area contributed by atoms with Crippen molar-refractivity contribution in [2.75, 3.05) is 0 Å². The van der Waals surface area contributed by atoms with Crippen molar-refractivity contribution in [1.82, 2.24) is 0 Å². The molecule has 0 radical (unpaired) electrons. The molecule has 0 fully saturated rings. The van der Waals surface area contributed by atoms with E-state index in [1.165, 1.54) is 12.1 Å². The van der Waals surface area contributed by atoms with Crippen molar-refractivity contribution in [3.63, 3.8) is 0 Å². The van der Waals surface area contributed by atoms with Crippen molar-refractivity contribution in [2.24, 2.45) is 0 Å². The molecule has 1 rings (SSSR count). The smallest absolute Gasteiger partial charge is 0.263 e. The molecule has 0 aliphatic heterocycles. The Morgan fingerprint density at radius 3 is 2.47 bits per heavy atom. The fourth-order valence-corrected chi connectivity index (χ4v) is 2.40. The number of nitriles is 1. The molecule has 0 saturated carbocycles. The molecule has 0 aliphatic carbocycles. The number of rotatable bonds is 5. The Balaban J connectivity index is 2.75. The maximum atomic E-state index is 11.8. The minimum Gasteiger partial charge on any atom is -0.263 e. The van der Waals surface area contributed by atoms with Gasteiger partial charge in [-0.1, -0.05) is 17.7 Å². The topological polar surface area (TPSA) is 67.2 Å². The van der Waals surface area contributed by atoms with Crippen molar-refractivity contribution in [2.45, 2.75) is 37.7 Å². The Bertz CT molecular complexity index is 500. The third-order valence-corrected chi connectivity index (χ3v) is 3.69. The minimum atomic E-state index is -3.72. The van der Waals surface area contributed by atoms with Crippen LogP contribution < -0.4 is 0 Å². The third kappa shape index (κ3) is 4.17. The summed E-state index contributed by atoms with van der Waals surface area (Å²) in [6, 6.07) is 8.42. The van der Waals surface area contributed by atoms with E-state index in [1.807, 2.05) is 13.0 Å². The number of benzene rings is 1. The number of nitrogens with zero attached hydrogens (tertiary/aromatic N) is 1. The zero-order valence-corrected chi connectivity index (χ0v) is 10.7. The van der Waals surface area contributed by atoms with Crippen molar-refractivity contribution in [1.29, 1.82) is 5.26 Å².